The van der Waals surface area contributed by atoms with Crippen molar-refractivity contribution in [2.45, 2.75) is 13.1 Å². The number of aromatic nitrogens is 1. The number of hydrogen-bond donors (Lipinski definition) is 1. The first-order valence-electron chi connectivity index (χ1n) is 5.36. The Labute approximate surface area is 92.8 Å². The lowest BCUT2D eigenvalue weighted by Crippen LogP contribution is -2.27. The number of benzene rings is 1. The minimum absolute atomic E-state index is 0.221. The van der Waals surface area contributed by atoms with Crippen LogP contribution in [0.2, 0.25) is 0 Å². The van der Waals surface area contributed by atoms with E-state index < -0.39 is 0 Å². The summed E-state index contributed by atoms with van der Waals surface area (Å²) in [5.74, 6) is 0.573. The molecule has 3 nitrogen and oxygen atoms in total. The van der Waals surface area contributed by atoms with Crippen LogP contribution in [0.3, 0.4) is 0 Å². The molecule has 84 valence electrons. The first-order chi connectivity index (χ1) is 7.81. The number of ether oxygens (including phenoxy) is 1. The molecule has 0 unspecified atom stereocenters. The third kappa shape index (κ3) is 1.23. The zero-order chi connectivity index (χ0) is 11.1. The fourth-order valence-electron chi connectivity index (χ4n) is 2.41. The number of fused-ring (bicyclic) bond motifs is 3. The molecule has 0 saturated carbocycles. The topological polar surface area (TPSA) is 26.2 Å². The maximum absolute atomic E-state index is 13.2. The molecule has 0 atom stereocenters. The Bertz CT molecular complexity index is 547. The number of nitrogens with zero attached hydrogens (tertiary/aromatic N) is 1. The highest BCUT2D eigenvalue weighted by molar-refractivity contribution is 5.89. The Morgan fingerprint density at radius 3 is 3.12 bits per heavy atom. The van der Waals surface area contributed by atoms with E-state index in [2.05, 4.69) is 9.88 Å². The van der Waals surface area contributed by atoms with Gasteiger partial charge in [0.25, 0.3) is 0 Å². The molecule has 2 heterocycles. The zero-order valence-corrected chi connectivity index (χ0v) is 9.09. The van der Waals surface area contributed by atoms with Crippen molar-refractivity contribution in [3.8, 4) is 5.75 Å². The van der Waals surface area contributed by atoms with Crippen molar-refractivity contribution in [1.29, 1.82) is 0 Å². The van der Waals surface area contributed by atoms with E-state index in [0.29, 0.717) is 0 Å². The van der Waals surface area contributed by atoms with Gasteiger partial charge in [0.1, 0.15) is 11.6 Å². The van der Waals surface area contributed by atoms with Gasteiger partial charge in [0.15, 0.2) is 0 Å². The van der Waals surface area contributed by atoms with Gasteiger partial charge in [-0.1, -0.05) is 0 Å². The minimum Gasteiger partial charge on any atom is -0.494 e. The summed E-state index contributed by atoms with van der Waals surface area (Å²) in [6.45, 7) is 2.62. The zero-order valence-electron chi connectivity index (χ0n) is 9.09. The molecule has 4 heteroatoms. The summed E-state index contributed by atoms with van der Waals surface area (Å²) in [4.78, 5) is 0. The maximum atomic E-state index is 13.2. The average molecular weight is 220 g/mol. The van der Waals surface area contributed by atoms with E-state index in [1.54, 1.807) is 13.2 Å². The second-order valence-corrected chi connectivity index (χ2v) is 3.97. The van der Waals surface area contributed by atoms with Crippen molar-refractivity contribution in [2.24, 2.45) is 0 Å². The monoisotopic (exact) mass is 220 g/mol. The molecule has 0 spiro atoms. The summed E-state index contributed by atoms with van der Waals surface area (Å²) in [6.07, 6.45) is 0. The Morgan fingerprint density at radius 2 is 2.31 bits per heavy atom. The number of nitrogens with one attached hydrogen (secondary N) is 1. The molecular formula is C12H13FN2O. The minimum atomic E-state index is -0.221. The van der Waals surface area contributed by atoms with E-state index in [1.165, 1.54) is 6.07 Å². The van der Waals surface area contributed by atoms with E-state index in [4.69, 9.17) is 4.74 Å². The Morgan fingerprint density at radius 1 is 1.44 bits per heavy atom. The highest BCUT2D eigenvalue weighted by Gasteiger charge is 2.20. The van der Waals surface area contributed by atoms with Crippen molar-refractivity contribution in [1.82, 2.24) is 9.88 Å². The van der Waals surface area contributed by atoms with E-state index >= 15 is 0 Å². The third-order valence-electron chi connectivity index (χ3n) is 3.09. The van der Waals surface area contributed by atoms with E-state index in [-0.39, 0.29) is 5.82 Å². The van der Waals surface area contributed by atoms with Crippen LogP contribution in [-0.2, 0) is 13.1 Å². The molecule has 16 heavy (non-hydrogen) atoms. The van der Waals surface area contributed by atoms with Gasteiger partial charge >= 0.3 is 0 Å². The van der Waals surface area contributed by atoms with Gasteiger partial charge in [-0.05, 0) is 18.2 Å². The lowest BCUT2D eigenvalue weighted by molar-refractivity contribution is 0.400. The van der Waals surface area contributed by atoms with Crippen LogP contribution in [0, 0.1) is 5.82 Å². The molecule has 0 fully saturated rings. The predicted octanol–water partition coefficient (Wildman–Crippen LogP) is 1.89. The van der Waals surface area contributed by atoms with Gasteiger partial charge in [-0.25, -0.2) is 4.39 Å². The van der Waals surface area contributed by atoms with Gasteiger partial charge in [-0.2, -0.15) is 0 Å². The molecule has 1 aromatic heterocycles. The van der Waals surface area contributed by atoms with Crippen LogP contribution >= 0.6 is 0 Å². The van der Waals surface area contributed by atoms with Crippen LogP contribution in [0.4, 0.5) is 4.39 Å². The van der Waals surface area contributed by atoms with Gasteiger partial charge < -0.3 is 14.6 Å². The summed E-state index contributed by atoms with van der Waals surface area (Å²) >= 11 is 0. The normalized spacial score (nSPS) is 15.1. The Hall–Kier alpha value is -1.55. The van der Waals surface area contributed by atoms with Gasteiger partial charge in [-0.3, -0.25) is 0 Å². The average Bonchev–Trinajstić information content (AvgIpc) is 2.61. The quantitative estimate of drug-likeness (QED) is 0.794. The van der Waals surface area contributed by atoms with E-state index in [1.807, 2.05) is 6.07 Å². The largest absolute Gasteiger partial charge is 0.494 e. The van der Waals surface area contributed by atoms with Gasteiger partial charge in [0.05, 0.1) is 18.3 Å². The Balaban J connectivity index is 2.37. The highest BCUT2D eigenvalue weighted by atomic mass is 19.1. The number of rotatable bonds is 1. The van der Waals surface area contributed by atoms with Crippen molar-refractivity contribution in [3.05, 3.63) is 29.7 Å². The van der Waals surface area contributed by atoms with Crippen molar-refractivity contribution in [2.75, 3.05) is 13.7 Å². The fraction of sp³-hybridized carbons (Fsp3) is 0.333. The molecule has 0 saturated heterocycles. The van der Waals surface area contributed by atoms with Crippen molar-refractivity contribution >= 4 is 10.9 Å². The molecular weight excluding hydrogens is 207 g/mol. The first kappa shape index (κ1) is 9.66. The predicted molar refractivity (Wildman–Crippen MR) is 60.2 cm³/mol. The van der Waals surface area contributed by atoms with Crippen LogP contribution in [0.25, 0.3) is 10.9 Å². The third-order valence-corrected chi connectivity index (χ3v) is 3.09. The van der Waals surface area contributed by atoms with Crippen LogP contribution < -0.4 is 10.1 Å². The SMILES string of the molecule is COc1c2n(c3ccc(F)cc13)CCNC2. The van der Waals surface area contributed by atoms with Crippen LogP contribution in [0.1, 0.15) is 5.69 Å². The maximum Gasteiger partial charge on any atom is 0.149 e. The molecule has 1 aliphatic rings. The van der Waals surface area contributed by atoms with Crippen molar-refractivity contribution < 1.29 is 9.13 Å². The second-order valence-electron chi connectivity index (χ2n) is 3.97. The lowest BCUT2D eigenvalue weighted by atomic mass is 10.2. The molecule has 0 radical (unpaired) electrons. The van der Waals surface area contributed by atoms with Crippen molar-refractivity contribution in [3.63, 3.8) is 0 Å². The number of hydrogen-bond acceptors (Lipinski definition) is 2. The number of methoxy groups -OCH3 is 1. The van der Waals surface area contributed by atoms with E-state index in [9.17, 15) is 4.39 Å². The highest BCUT2D eigenvalue weighted by Crippen LogP contribution is 2.34. The summed E-state index contributed by atoms with van der Waals surface area (Å²) < 4.78 is 20.8. The lowest BCUT2D eigenvalue weighted by Gasteiger charge is -2.17. The standard InChI is InChI=1S/C12H13FN2O/c1-16-12-9-6-8(13)2-3-10(9)15-5-4-14-7-11(12)15/h2-3,6,14H,4-5,7H2,1H3. The summed E-state index contributed by atoms with van der Waals surface area (Å²) in [6, 6.07) is 4.86. The molecule has 3 rings (SSSR count). The summed E-state index contributed by atoms with van der Waals surface area (Å²) in [5, 5.41) is 4.16. The molecule has 1 aromatic carbocycles. The van der Waals surface area contributed by atoms with E-state index in [0.717, 1.165) is 42.0 Å². The first-order valence-corrected chi connectivity index (χ1v) is 5.36. The molecule has 1 N–H and O–H groups in total. The molecule has 1 aliphatic heterocycles. The molecule has 0 amide bonds. The number of halogens is 1. The van der Waals surface area contributed by atoms with Gasteiger partial charge in [0, 0.05) is 25.0 Å². The van der Waals surface area contributed by atoms with Crippen LogP contribution in [0.15, 0.2) is 18.2 Å². The molecule has 0 bridgehead atoms. The summed E-state index contributed by atoms with van der Waals surface area (Å²) in [5.41, 5.74) is 2.16. The molecule has 2 aromatic rings. The second kappa shape index (κ2) is 3.49. The molecule has 0 aliphatic carbocycles. The smallest absolute Gasteiger partial charge is 0.149 e. The summed E-state index contributed by atoms with van der Waals surface area (Å²) in [7, 11) is 1.63. The van der Waals surface area contributed by atoms with Gasteiger partial charge in [0.2, 0.25) is 0 Å². The van der Waals surface area contributed by atoms with Crippen LogP contribution in [0.5, 0.6) is 5.75 Å². The Kier molecular flexibility index (Phi) is 2.11. The van der Waals surface area contributed by atoms with Gasteiger partial charge in [-0.15, -0.1) is 0 Å². The fourth-order valence-corrected chi connectivity index (χ4v) is 2.41. The van der Waals surface area contributed by atoms with Crippen LogP contribution in [-0.4, -0.2) is 18.2 Å².